The highest BCUT2D eigenvalue weighted by Crippen LogP contribution is 2.30. The molecule has 1 aliphatic heterocycles. The topological polar surface area (TPSA) is 99.1 Å². The molecule has 2 rings (SSSR count). The number of carboxylic acid groups (broad SMARTS) is 1. The molecule has 2 fully saturated rings. The van der Waals surface area contributed by atoms with Crippen LogP contribution in [0, 0.1) is 5.41 Å². The summed E-state index contributed by atoms with van der Waals surface area (Å²) in [7, 11) is 0. The van der Waals surface area contributed by atoms with Crippen LogP contribution in [0.5, 0.6) is 0 Å². The van der Waals surface area contributed by atoms with Crippen LogP contribution in [-0.2, 0) is 9.53 Å². The largest absolute Gasteiger partial charge is 0.481 e. The summed E-state index contributed by atoms with van der Waals surface area (Å²) in [6, 6.07) is -0.103. The molecule has 0 aromatic rings. The van der Waals surface area contributed by atoms with Crippen molar-refractivity contribution in [2.75, 3.05) is 32.9 Å². The van der Waals surface area contributed by atoms with E-state index in [-0.39, 0.29) is 25.2 Å². The van der Waals surface area contributed by atoms with Gasteiger partial charge in [-0.2, -0.15) is 0 Å². The molecule has 1 saturated carbocycles. The van der Waals surface area contributed by atoms with Crippen LogP contribution in [-0.4, -0.2) is 66.1 Å². The lowest BCUT2D eigenvalue weighted by Gasteiger charge is -2.38. The Hall–Kier alpha value is -1.34. The number of amides is 2. The number of hydrogen-bond donors (Lipinski definition) is 3. The molecule has 3 N–H and O–H groups in total. The molecule has 0 bridgehead atoms. The normalized spacial score (nSPS) is 21.4. The standard InChI is InChI=1S/C14H24N2O5/c17-7-6-16(11-2-1-3-11)13(20)15-10-14(12(18)19)4-8-21-9-5-14/h11,17H,1-10H2,(H,15,20)(H,18,19). The third kappa shape index (κ3) is 3.65. The summed E-state index contributed by atoms with van der Waals surface area (Å²) in [4.78, 5) is 25.4. The quantitative estimate of drug-likeness (QED) is 0.660. The number of rotatable bonds is 6. The van der Waals surface area contributed by atoms with Crippen molar-refractivity contribution in [1.82, 2.24) is 10.2 Å². The Morgan fingerprint density at radius 2 is 1.95 bits per heavy atom. The molecule has 2 aliphatic rings. The van der Waals surface area contributed by atoms with Crippen molar-refractivity contribution in [3.63, 3.8) is 0 Å². The van der Waals surface area contributed by atoms with Crippen LogP contribution in [0.3, 0.4) is 0 Å². The van der Waals surface area contributed by atoms with Crippen LogP contribution < -0.4 is 5.32 Å². The van der Waals surface area contributed by atoms with E-state index in [0.717, 1.165) is 19.3 Å². The molecule has 0 spiro atoms. The Balaban J connectivity index is 1.92. The van der Waals surface area contributed by atoms with E-state index < -0.39 is 11.4 Å². The predicted molar refractivity (Wildman–Crippen MR) is 75.0 cm³/mol. The van der Waals surface area contributed by atoms with Gasteiger partial charge in [0.25, 0.3) is 0 Å². The Kier molecular flexibility index (Phi) is 5.41. The van der Waals surface area contributed by atoms with Crippen molar-refractivity contribution in [3.05, 3.63) is 0 Å². The van der Waals surface area contributed by atoms with Gasteiger partial charge < -0.3 is 25.2 Å². The van der Waals surface area contributed by atoms with Gasteiger partial charge in [0, 0.05) is 32.3 Å². The summed E-state index contributed by atoms with van der Waals surface area (Å²) in [5.74, 6) is -0.886. The van der Waals surface area contributed by atoms with Gasteiger partial charge >= 0.3 is 12.0 Å². The number of aliphatic hydroxyl groups excluding tert-OH is 1. The molecule has 21 heavy (non-hydrogen) atoms. The minimum absolute atomic E-state index is 0.0815. The molecule has 1 saturated heterocycles. The highest BCUT2D eigenvalue weighted by Gasteiger charge is 2.41. The summed E-state index contributed by atoms with van der Waals surface area (Å²) in [6.07, 6.45) is 3.81. The molecule has 7 nitrogen and oxygen atoms in total. The summed E-state index contributed by atoms with van der Waals surface area (Å²) < 4.78 is 5.21. The first-order chi connectivity index (χ1) is 10.1. The number of carbonyl (C=O) groups excluding carboxylic acids is 1. The first-order valence-corrected chi connectivity index (χ1v) is 7.55. The van der Waals surface area contributed by atoms with E-state index in [4.69, 9.17) is 9.84 Å². The summed E-state index contributed by atoms with van der Waals surface area (Å²) >= 11 is 0. The first-order valence-electron chi connectivity index (χ1n) is 7.55. The van der Waals surface area contributed by atoms with E-state index in [1.54, 1.807) is 4.90 Å². The van der Waals surface area contributed by atoms with Crippen molar-refractivity contribution in [2.24, 2.45) is 5.41 Å². The number of nitrogens with one attached hydrogen (secondary N) is 1. The highest BCUT2D eigenvalue weighted by atomic mass is 16.5. The third-order valence-corrected chi connectivity index (χ3v) is 4.60. The van der Waals surface area contributed by atoms with Crippen molar-refractivity contribution in [2.45, 2.75) is 38.1 Å². The molecule has 7 heteroatoms. The molecule has 0 atom stereocenters. The molecule has 1 aliphatic carbocycles. The van der Waals surface area contributed by atoms with E-state index in [2.05, 4.69) is 5.32 Å². The van der Waals surface area contributed by atoms with Crippen LogP contribution in [0.25, 0.3) is 0 Å². The lowest BCUT2D eigenvalue weighted by Crippen LogP contribution is -2.54. The second-order valence-corrected chi connectivity index (χ2v) is 5.86. The molecular formula is C14H24N2O5. The van der Waals surface area contributed by atoms with Crippen LogP contribution >= 0.6 is 0 Å². The zero-order chi connectivity index (χ0) is 15.3. The lowest BCUT2D eigenvalue weighted by molar-refractivity contribution is -0.154. The second kappa shape index (κ2) is 7.09. The van der Waals surface area contributed by atoms with E-state index in [1.165, 1.54) is 0 Å². The van der Waals surface area contributed by atoms with Gasteiger partial charge in [-0.1, -0.05) is 0 Å². The third-order valence-electron chi connectivity index (χ3n) is 4.60. The van der Waals surface area contributed by atoms with Gasteiger partial charge in [-0.05, 0) is 32.1 Å². The monoisotopic (exact) mass is 300 g/mol. The maximum atomic E-state index is 12.3. The zero-order valence-electron chi connectivity index (χ0n) is 12.2. The van der Waals surface area contributed by atoms with Gasteiger partial charge in [0.15, 0.2) is 0 Å². The summed E-state index contributed by atoms with van der Waals surface area (Å²) in [5.41, 5.74) is -0.932. The van der Waals surface area contributed by atoms with Gasteiger partial charge in [-0.3, -0.25) is 4.79 Å². The number of nitrogens with zero attached hydrogens (tertiary/aromatic N) is 1. The van der Waals surface area contributed by atoms with E-state index in [0.29, 0.717) is 32.6 Å². The van der Waals surface area contributed by atoms with Gasteiger partial charge in [-0.15, -0.1) is 0 Å². The average Bonchev–Trinajstić information content (AvgIpc) is 2.43. The Labute approximate surface area is 124 Å². The molecule has 0 radical (unpaired) electrons. The van der Waals surface area contributed by atoms with Crippen LogP contribution in [0.15, 0.2) is 0 Å². The summed E-state index contributed by atoms with van der Waals surface area (Å²) in [6.45, 7) is 1.14. The molecule has 120 valence electrons. The highest BCUT2D eigenvalue weighted by molar-refractivity contribution is 5.78. The minimum Gasteiger partial charge on any atom is -0.481 e. The Bertz CT molecular complexity index is 378. The van der Waals surface area contributed by atoms with Crippen molar-refractivity contribution in [1.29, 1.82) is 0 Å². The molecule has 2 amide bonds. The Morgan fingerprint density at radius 3 is 2.43 bits per heavy atom. The van der Waals surface area contributed by atoms with Crippen LogP contribution in [0.1, 0.15) is 32.1 Å². The number of aliphatic hydroxyl groups is 1. The van der Waals surface area contributed by atoms with E-state index in [9.17, 15) is 14.7 Å². The fraction of sp³-hybridized carbons (Fsp3) is 0.857. The second-order valence-electron chi connectivity index (χ2n) is 5.86. The molecular weight excluding hydrogens is 276 g/mol. The van der Waals surface area contributed by atoms with Crippen molar-refractivity contribution >= 4 is 12.0 Å². The van der Waals surface area contributed by atoms with E-state index >= 15 is 0 Å². The number of urea groups is 1. The van der Waals surface area contributed by atoms with Crippen LogP contribution in [0.2, 0.25) is 0 Å². The molecule has 1 heterocycles. The number of aliphatic carboxylic acids is 1. The number of carboxylic acids is 1. The molecule has 0 unspecified atom stereocenters. The first kappa shape index (κ1) is 16.0. The smallest absolute Gasteiger partial charge is 0.317 e. The van der Waals surface area contributed by atoms with Crippen molar-refractivity contribution in [3.8, 4) is 0 Å². The van der Waals surface area contributed by atoms with Gasteiger partial charge in [0.05, 0.1) is 12.0 Å². The fourth-order valence-corrected chi connectivity index (χ4v) is 2.83. The van der Waals surface area contributed by atoms with E-state index in [1.807, 2.05) is 0 Å². The average molecular weight is 300 g/mol. The predicted octanol–water partition coefficient (Wildman–Crippen LogP) is 0.424. The number of ether oxygens (including phenoxy) is 1. The fourth-order valence-electron chi connectivity index (χ4n) is 2.83. The Morgan fingerprint density at radius 1 is 1.29 bits per heavy atom. The van der Waals surface area contributed by atoms with Gasteiger partial charge in [-0.25, -0.2) is 4.79 Å². The van der Waals surface area contributed by atoms with Gasteiger partial charge in [0.1, 0.15) is 0 Å². The van der Waals surface area contributed by atoms with Gasteiger partial charge in [0.2, 0.25) is 0 Å². The zero-order valence-corrected chi connectivity index (χ0v) is 12.2. The SMILES string of the molecule is O=C(NCC1(C(=O)O)CCOCC1)N(CCO)C1CCC1. The van der Waals surface area contributed by atoms with Crippen molar-refractivity contribution < 1.29 is 24.5 Å². The minimum atomic E-state index is -0.932. The molecule has 0 aromatic carbocycles. The maximum absolute atomic E-state index is 12.3. The number of hydrogen-bond acceptors (Lipinski definition) is 4. The summed E-state index contributed by atoms with van der Waals surface area (Å²) in [5, 5.41) is 21.3. The number of carbonyl (C=O) groups is 2. The maximum Gasteiger partial charge on any atom is 0.317 e. The van der Waals surface area contributed by atoms with Crippen LogP contribution in [0.4, 0.5) is 4.79 Å². The molecule has 0 aromatic heterocycles. The lowest BCUT2D eigenvalue weighted by atomic mass is 9.80.